The number of nitrogens with zero attached hydrogens (tertiary/aromatic N) is 1. The fraction of sp³-hybridized carbons (Fsp3) is 0.308. The van der Waals surface area contributed by atoms with Gasteiger partial charge in [0.2, 0.25) is 0 Å². The van der Waals surface area contributed by atoms with Gasteiger partial charge in [-0.05, 0) is 43.4 Å². The molecule has 21 heavy (non-hydrogen) atoms. The Hall–Kier alpha value is -2.35. The minimum absolute atomic E-state index is 0.0493. The lowest BCUT2D eigenvalue weighted by Gasteiger charge is -2.13. The van der Waals surface area contributed by atoms with E-state index in [1.165, 1.54) is 0 Å². The molecule has 0 spiro atoms. The van der Waals surface area contributed by atoms with Gasteiger partial charge in [-0.25, -0.2) is 4.79 Å². The molecule has 0 radical (unpaired) electrons. The molecule has 0 aliphatic heterocycles. The molecular weight excluding hydrogens is 292 g/mol. The Kier molecular flexibility index (Phi) is 6.41. The third-order valence-electron chi connectivity index (χ3n) is 2.43. The number of carbonyl (C=O) groups is 2. The molecule has 0 unspecified atom stereocenters. The summed E-state index contributed by atoms with van der Waals surface area (Å²) in [6.45, 7) is 1.91. The molecule has 0 aliphatic rings. The second-order valence-corrected chi connectivity index (χ2v) is 4.60. The normalized spacial score (nSPS) is 9.48. The van der Waals surface area contributed by atoms with Crippen LogP contribution in [0.5, 0.6) is 0 Å². The van der Waals surface area contributed by atoms with E-state index in [1.54, 1.807) is 19.1 Å². The first-order valence-corrected chi connectivity index (χ1v) is 6.66. The number of nitrogens with one attached hydrogen (secondary N) is 3. The quantitative estimate of drug-likeness (QED) is 0.571. The summed E-state index contributed by atoms with van der Waals surface area (Å²) in [7, 11) is 3.83. The summed E-state index contributed by atoms with van der Waals surface area (Å²) in [5.41, 5.74) is 6.25. The zero-order chi connectivity index (χ0) is 15.8. The summed E-state index contributed by atoms with van der Waals surface area (Å²) in [5, 5.41) is 2.20. The SMILES string of the molecule is CCOC(=O)NC(=S)NNC(=O)c1ccc(N(C)C)cc1. The van der Waals surface area contributed by atoms with Crippen molar-refractivity contribution in [3.05, 3.63) is 29.8 Å². The minimum Gasteiger partial charge on any atom is -0.450 e. The molecule has 114 valence electrons. The average molecular weight is 310 g/mol. The molecule has 7 nitrogen and oxygen atoms in total. The van der Waals surface area contributed by atoms with E-state index in [1.807, 2.05) is 31.1 Å². The highest BCUT2D eigenvalue weighted by atomic mass is 32.1. The van der Waals surface area contributed by atoms with Crippen molar-refractivity contribution in [3.8, 4) is 0 Å². The maximum absolute atomic E-state index is 11.9. The third kappa shape index (κ3) is 5.65. The lowest BCUT2D eigenvalue weighted by atomic mass is 10.2. The second-order valence-electron chi connectivity index (χ2n) is 4.20. The number of alkyl carbamates (subject to hydrolysis) is 1. The highest BCUT2D eigenvalue weighted by Gasteiger charge is 2.08. The number of amides is 2. The number of hydrogen-bond acceptors (Lipinski definition) is 5. The molecule has 0 heterocycles. The molecule has 3 N–H and O–H groups in total. The summed E-state index contributed by atoms with van der Waals surface area (Å²) >= 11 is 4.82. The summed E-state index contributed by atoms with van der Waals surface area (Å²) < 4.78 is 4.64. The van der Waals surface area contributed by atoms with Crippen LogP contribution in [0.1, 0.15) is 17.3 Å². The van der Waals surface area contributed by atoms with Gasteiger partial charge < -0.3 is 9.64 Å². The van der Waals surface area contributed by atoms with Crippen molar-refractivity contribution in [2.24, 2.45) is 0 Å². The predicted molar refractivity (Wildman–Crippen MR) is 84.1 cm³/mol. The van der Waals surface area contributed by atoms with E-state index >= 15 is 0 Å². The van der Waals surface area contributed by atoms with Crippen molar-refractivity contribution in [2.45, 2.75) is 6.92 Å². The fourth-order valence-electron chi connectivity index (χ4n) is 1.39. The molecule has 1 aromatic rings. The first-order valence-electron chi connectivity index (χ1n) is 6.25. The number of hydrazine groups is 1. The Morgan fingerprint density at radius 1 is 1.19 bits per heavy atom. The van der Waals surface area contributed by atoms with Crippen LogP contribution in [0, 0.1) is 0 Å². The van der Waals surface area contributed by atoms with Crippen molar-refractivity contribution in [2.75, 3.05) is 25.6 Å². The van der Waals surface area contributed by atoms with Gasteiger partial charge in [0.05, 0.1) is 6.61 Å². The van der Waals surface area contributed by atoms with E-state index in [4.69, 9.17) is 12.2 Å². The van der Waals surface area contributed by atoms with Gasteiger partial charge in [-0.1, -0.05) is 0 Å². The minimum atomic E-state index is -0.681. The highest BCUT2D eigenvalue weighted by molar-refractivity contribution is 7.80. The Morgan fingerprint density at radius 2 is 1.81 bits per heavy atom. The van der Waals surface area contributed by atoms with E-state index in [0.29, 0.717) is 5.56 Å². The third-order valence-corrected chi connectivity index (χ3v) is 2.63. The Bertz CT molecular complexity index is 517. The second kappa shape index (κ2) is 8.05. The molecule has 1 aromatic carbocycles. The molecule has 0 bridgehead atoms. The summed E-state index contributed by atoms with van der Waals surface area (Å²) in [4.78, 5) is 24.9. The van der Waals surface area contributed by atoms with Gasteiger partial charge in [-0.2, -0.15) is 0 Å². The van der Waals surface area contributed by atoms with Crippen LogP contribution in [-0.4, -0.2) is 37.8 Å². The molecule has 0 aromatic heterocycles. The number of thiocarbonyl (C=S) groups is 1. The molecule has 0 atom stereocenters. The smallest absolute Gasteiger partial charge is 0.413 e. The summed E-state index contributed by atoms with van der Waals surface area (Å²) in [6.07, 6.45) is -0.681. The lowest BCUT2D eigenvalue weighted by Crippen LogP contribution is -2.48. The van der Waals surface area contributed by atoms with E-state index < -0.39 is 6.09 Å². The van der Waals surface area contributed by atoms with E-state index in [9.17, 15) is 9.59 Å². The van der Waals surface area contributed by atoms with Crippen LogP contribution in [0.4, 0.5) is 10.5 Å². The van der Waals surface area contributed by atoms with Crippen molar-refractivity contribution < 1.29 is 14.3 Å². The van der Waals surface area contributed by atoms with Crippen molar-refractivity contribution >= 4 is 35.0 Å². The van der Waals surface area contributed by atoms with E-state index in [2.05, 4.69) is 20.9 Å². The van der Waals surface area contributed by atoms with Gasteiger partial charge in [0.15, 0.2) is 5.11 Å². The fourth-order valence-corrected chi connectivity index (χ4v) is 1.52. The summed E-state index contributed by atoms with van der Waals surface area (Å²) in [6, 6.07) is 7.02. The number of hydrogen-bond donors (Lipinski definition) is 3. The van der Waals surface area contributed by atoms with Crippen LogP contribution in [0.3, 0.4) is 0 Å². The monoisotopic (exact) mass is 310 g/mol. The van der Waals surface area contributed by atoms with Gasteiger partial charge in [0, 0.05) is 25.3 Å². The van der Waals surface area contributed by atoms with Crippen molar-refractivity contribution in [1.29, 1.82) is 0 Å². The lowest BCUT2D eigenvalue weighted by molar-refractivity contribution is 0.0943. The first-order chi connectivity index (χ1) is 9.93. The molecule has 0 fully saturated rings. The molecule has 0 saturated heterocycles. The largest absolute Gasteiger partial charge is 0.450 e. The average Bonchev–Trinajstić information content (AvgIpc) is 2.45. The molecule has 8 heteroatoms. The molecular formula is C13H18N4O3S. The first kappa shape index (κ1) is 16.7. The maximum atomic E-state index is 11.9. The molecule has 0 aliphatic carbocycles. The number of carbonyl (C=O) groups excluding carboxylic acids is 2. The Labute approximate surface area is 128 Å². The Balaban J connectivity index is 2.46. The number of anilines is 1. The van der Waals surface area contributed by atoms with E-state index in [0.717, 1.165) is 5.69 Å². The van der Waals surface area contributed by atoms with Crippen LogP contribution < -0.4 is 21.1 Å². The highest BCUT2D eigenvalue weighted by Crippen LogP contribution is 2.11. The molecule has 2 amide bonds. The maximum Gasteiger partial charge on any atom is 0.413 e. The van der Waals surface area contributed by atoms with E-state index in [-0.39, 0.29) is 17.6 Å². The number of rotatable bonds is 3. The van der Waals surface area contributed by atoms with Gasteiger partial charge >= 0.3 is 6.09 Å². The van der Waals surface area contributed by atoms with Crippen molar-refractivity contribution in [3.63, 3.8) is 0 Å². The van der Waals surface area contributed by atoms with Gasteiger partial charge in [0.25, 0.3) is 5.91 Å². The van der Waals surface area contributed by atoms with Gasteiger partial charge in [-0.3, -0.25) is 21.0 Å². The van der Waals surface area contributed by atoms with Crippen LogP contribution in [0.15, 0.2) is 24.3 Å². The van der Waals surface area contributed by atoms with Crippen LogP contribution in [0.2, 0.25) is 0 Å². The Morgan fingerprint density at radius 3 is 2.33 bits per heavy atom. The molecule has 1 rings (SSSR count). The predicted octanol–water partition coefficient (Wildman–Crippen LogP) is 1.02. The standard InChI is InChI=1S/C13H18N4O3S/c1-4-20-13(19)14-12(21)16-15-11(18)9-5-7-10(8-6-9)17(2)3/h5-8H,4H2,1-3H3,(H,15,18)(H2,14,16,19,21). The number of benzene rings is 1. The molecule has 0 saturated carbocycles. The van der Waals surface area contributed by atoms with Crippen LogP contribution in [0.25, 0.3) is 0 Å². The van der Waals surface area contributed by atoms with Crippen LogP contribution >= 0.6 is 12.2 Å². The van der Waals surface area contributed by atoms with Gasteiger partial charge in [-0.15, -0.1) is 0 Å². The topological polar surface area (TPSA) is 82.7 Å². The van der Waals surface area contributed by atoms with Crippen molar-refractivity contribution in [1.82, 2.24) is 16.2 Å². The zero-order valence-corrected chi connectivity index (χ0v) is 12.9. The number of ether oxygens (including phenoxy) is 1. The van der Waals surface area contributed by atoms with Crippen LogP contribution in [-0.2, 0) is 4.74 Å². The van der Waals surface area contributed by atoms with Gasteiger partial charge in [0.1, 0.15) is 0 Å². The summed E-state index contributed by atoms with van der Waals surface area (Å²) in [5.74, 6) is -0.367. The zero-order valence-electron chi connectivity index (χ0n) is 12.1.